The van der Waals surface area contributed by atoms with Gasteiger partial charge in [0.25, 0.3) is 0 Å². The Kier molecular flexibility index (Phi) is 4.36. The van der Waals surface area contributed by atoms with Crippen LogP contribution in [0.25, 0.3) is 0 Å². The van der Waals surface area contributed by atoms with Crippen LogP contribution in [0.5, 0.6) is 0 Å². The van der Waals surface area contributed by atoms with Crippen LogP contribution in [0.15, 0.2) is 4.99 Å². The van der Waals surface area contributed by atoms with Crippen LogP contribution in [-0.4, -0.2) is 24.5 Å². The number of rotatable bonds is 0. The first kappa shape index (κ1) is 8.30. The summed E-state index contributed by atoms with van der Waals surface area (Å²) in [4.78, 5) is 4.12. The third-order valence-electron chi connectivity index (χ3n) is 0.837. The number of amidine groups is 1. The Labute approximate surface area is 63.9 Å². The molecule has 0 aromatic rings. The summed E-state index contributed by atoms with van der Waals surface area (Å²) in [6, 6.07) is 0. The van der Waals surface area contributed by atoms with Crippen molar-refractivity contribution in [1.82, 2.24) is 5.32 Å². The van der Waals surface area contributed by atoms with Crippen LogP contribution in [-0.2, 0) is 0 Å². The van der Waals surface area contributed by atoms with Gasteiger partial charge < -0.3 is 5.32 Å². The molecule has 0 atom stereocenters. The number of nitrogens with zero attached hydrogens (tertiary/aromatic N) is 1. The highest BCUT2D eigenvalue weighted by Crippen LogP contribution is 1.97. The highest BCUT2D eigenvalue weighted by Gasteiger charge is 1.99. The smallest absolute Gasteiger partial charge is 0.156 e. The van der Waals surface area contributed by atoms with Crippen molar-refractivity contribution in [3.8, 4) is 0 Å². The molecule has 48 valence electrons. The highest BCUT2D eigenvalue weighted by atomic mass is 79.9. The van der Waals surface area contributed by atoms with Crippen LogP contribution in [0.4, 0.5) is 0 Å². The van der Waals surface area contributed by atoms with Gasteiger partial charge in [0.15, 0.2) is 5.17 Å². The fraction of sp³-hybridized carbons (Fsp3) is 0.750. The molecular formula is C4H9BrN2S. The van der Waals surface area contributed by atoms with E-state index < -0.39 is 0 Å². The van der Waals surface area contributed by atoms with Crippen LogP contribution in [0.3, 0.4) is 0 Å². The molecule has 0 saturated heterocycles. The SMILES string of the molecule is Br.CSC1=NCCN1. The third-order valence-corrected chi connectivity index (χ3v) is 1.50. The molecule has 1 aliphatic rings. The van der Waals surface area contributed by atoms with E-state index in [1.165, 1.54) is 0 Å². The second kappa shape index (κ2) is 4.21. The molecule has 1 heterocycles. The molecule has 0 saturated carbocycles. The number of thioether (sulfide) groups is 1. The van der Waals surface area contributed by atoms with Gasteiger partial charge in [-0.2, -0.15) is 0 Å². The molecule has 1 aliphatic heterocycles. The van der Waals surface area contributed by atoms with Gasteiger partial charge in [0.2, 0.25) is 0 Å². The predicted molar refractivity (Wildman–Crippen MR) is 44.1 cm³/mol. The summed E-state index contributed by atoms with van der Waals surface area (Å²) in [6.07, 6.45) is 2.02. The number of hydrogen-bond donors (Lipinski definition) is 1. The molecule has 0 unspecified atom stereocenters. The van der Waals surface area contributed by atoms with Crippen LogP contribution >= 0.6 is 28.7 Å². The minimum Gasteiger partial charge on any atom is -0.363 e. The zero-order valence-electron chi connectivity index (χ0n) is 4.68. The van der Waals surface area contributed by atoms with Gasteiger partial charge in [-0.05, 0) is 6.26 Å². The van der Waals surface area contributed by atoms with Gasteiger partial charge >= 0.3 is 0 Å². The molecule has 0 aromatic heterocycles. The molecule has 4 heteroatoms. The average molecular weight is 197 g/mol. The van der Waals surface area contributed by atoms with Crippen molar-refractivity contribution in [3.05, 3.63) is 0 Å². The maximum absolute atomic E-state index is 4.12. The first-order valence-corrected chi connectivity index (χ1v) is 3.48. The summed E-state index contributed by atoms with van der Waals surface area (Å²) in [7, 11) is 0. The molecule has 0 aliphatic carbocycles. The minimum atomic E-state index is 0. The monoisotopic (exact) mass is 196 g/mol. The van der Waals surface area contributed by atoms with E-state index in [1.54, 1.807) is 11.8 Å². The van der Waals surface area contributed by atoms with Gasteiger partial charge in [-0.3, -0.25) is 4.99 Å². The fourth-order valence-electron chi connectivity index (χ4n) is 0.513. The largest absolute Gasteiger partial charge is 0.363 e. The van der Waals surface area contributed by atoms with Crippen molar-refractivity contribution >= 4 is 33.9 Å². The number of nitrogens with one attached hydrogen (secondary N) is 1. The van der Waals surface area contributed by atoms with Crippen molar-refractivity contribution in [2.45, 2.75) is 0 Å². The molecule has 2 nitrogen and oxygen atoms in total. The lowest BCUT2D eigenvalue weighted by Crippen LogP contribution is -2.14. The van der Waals surface area contributed by atoms with E-state index in [0.29, 0.717) is 0 Å². The molecule has 0 fully saturated rings. The maximum Gasteiger partial charge on any atom is 0.156 e. The fourth-order valence-corrected chi connectivity index (χ4v) is 0.980. The lowest BCUT2D eigenvalue weighted by molar-refractivity contribution is 0.963. The molecule has 0 amide bonds. The number of aliphatic imine (C=N–C) groups is 1. The molecule has 0 bridgehead atoms. The number of halogens is 1. The molecule has 1 rings (SSSR count). The zero-order chi connectivity index (χ0) is 5.11. The average Bonchev–Trinajstić information content (AvgIpc) is 2.14. The van der Waals surface area contributed by atoms with E-state index >= 15 is 0 Å². The summed E-state index contributed by atoms with van der Waals surface area (Å²) in [6.45, 7) is 1.98. The first-order chi connectivity index (χ1) is 3.43. The first-order valence-electron chi connectivity index (χ1n) is 2.26. The second-order valence-corrected chi connectivity index (χ2v) is 2.11. The molecule has 0 radical (unpaired) electrons. The van der Waals surface area contributed by atoms with E-state index in [2.05, 4.69) is 10.3 Å². The van der Waals surface area contributed by atoms with E-state index in [4.69, 9.17) is 0 Å². The van der Waals surface area contributed by atoms with Crippen molar-refractivity contribution in [1.29, 1.82) is 0 Å². The Morgan fingerprint density at radius 1 is 1.75 bits per heavy atom. The van der Waals surface area contributed by atoms with Crippen molar-refractivity contribution in [2.75, 3.05) is 19.3 Å². The minimum absolute atomic E-state index is 0. The topological polar surface area (TPSA) is 24.4 Å². The quantitative estimate of drug-likeness (QED) is 0.623. The summed E-state index contributed by atoms with van der Waals surface area (Å²) < 4.78 is 0. The van der Waals surface area contributed by atoms with E-state index in [9.17, 15) is 0 Å². The van der Waals surface area contributed by atoms with Gasteiger partial charge in [0.05, 0.1) is 6.54 Å². The van der Waals surface area contributed by atoms with Crippen molar-refractivity contribution < 1.29 is 0 Å². The standard InChI is InChI=1S/C4H8N2S.BrH/c1-7-4-5-2-3-6-4;/h2-3H2,1H3,(H,5,6);1H. The van der Waals surface area contributed by atoms with Crippen LogP contribution in [0.2, 0.25) is 0 Å². The van der Waals surface area contributed by atoms with Crippen LogP contribution in [0.1, 0.15) is 0 Å². The highest BCUT2D eigenvalue weighted by molar-refractivity contribution is 8.93. The Bertz CT molecular complexity index is 94.0. The number of hydrogen-bond acceptors (Lipinski definition) is 3. The molecule has 0 spiro atoms. The normalized spacial score (nSPS) is 16.4. The van der Waals surface area contributed by atoms with Gasteiger partial charge in [-0.15, -0.1) is 17.0 Å². The second-order valence-electron chi connectivity index (χ2n) is 1.32. The van der Waals surface area contributed by atoms with E-state index in [-0.39, 0.29) is 17.0 Å². The predicted octanol–water partition coefficient (Wildman–Crippen LogP) is 0.886. The summed E-state index contributed by atoms with van der Waals surface area (Å²) in [5, 5.41) is 4.20. The third kappa shape index (κ3) is 2.05. The van der Waals surface area contributed by atoms with Crippen LogP contribution in [0, 0.1) is 0 Å². The molecule has 8 heavy (non-hydrogen) atoms. The van der Waals surface area contributed by atoms with E-state index in [0.717, 1.165) is 18.3 Å². The lowest BCUT2D eigenvalue weighted by Gasteiger charge is -1.91. The lowest BCUT2D eigenvalue weighted by atomic mass is 10.7. The van der Waals surface area contributed by atoms with Gasteiger partial charge in [-0.25, -0.2) is 0 Å². The van der Waals surface area contributed by atoms with Gasteiger partial charge in [0.1, 0.15) is 0 Å². The van der Waals surface area contributed by atoms with Crippen molar-refractivity contribution in [3.63, 3.8) is 0 Å². The van der Waals surface area contributed by atoms with Crippen LogP contribution < -0.4 is 5.32 Å². The Balaban J connectivity index is 0.000000490. The Morgan fingerprint density at radius 2 is 2.50 bits per heavy atom. The summed E-state index contributed by atoms with van der Waals surface area (Å²) >= 11 is 1.67. The zero-order valence-corrected chi connectivity index (χ0v) is 7.21. The summed E-state index contributed by atoms with van der Waals surface area (Å²) in [5.74, 6) is 0. The van der Waals surface area contributed by atoms with Gasteiger partial charge in [0, 0.05) is 6.54 Å². The molecular weight excluding hydrogens is 188 g/mol. The van der Waals surface area contributed by atoms with Crippen molar-refractivity contribution in [2.24, 2.45) is 4.99 Å². The maximum atomic E-state index is 4.12. The molecule has 0 aromatic carbocycles. The van der Waals surface area contributed by atoms with Gasteiger partial charge in [-0.1, -0.05) is 11.8 Å². The molecule has 1 N–H and O–H groups in total. The van der Waals surface area contributed by atoms with E-state index in [1.807, 2.05) is 6.26 Å². The summed E-state index contributed by atoms with van der Waals surface area (Å²) in [5.41, 5.74) is 0. The Morgan fingerprint density at radius 3 is 2.75 bits per heavy atom. The Hall–Kier alpha value is 0.300.